The Morgan fingerprint density at radius 2 is 2.00 bits per heavy atom. The molecule has 0 heterocycles. The number of hydrogen-bond donors (Lipinski definition) is 0. The molecule has 0 aromatic heterocycles. The first kappa shape index (κ1) is 9.62. The highest BCUT2D eigenvalue weighted by atomic mass is 16.6. The predicted octanol–water partition coefficient (Wildman–Crippen LogP) is 2.30. The smallest absolute Gasteiger partial charge is 0.258 e. The molecule has 3 nitrogen and oxygen atoms in total. The third kappa shape index (κ3) is 4.08. The van der Waals surface area contributed by atoms with Gasteiger partial charge in [-0.2, -0.15) is 0 Å². The zero-order valence-corrected chi connectivity index (χ0v) is 6.65. The molecular formula is C8H11NO2. The minimum atomic E-state index is -0.417. The van der Waals surface area contributed by atoms with Gasteiger partial charge in [-0.3, -0.25) is 10.1 Å². The highest BCUT2D eigenvalue weighted by molar-refractivity contribution is 5.15. The Bertz CT molecular complexity index is 214. The maximum Gasteiger partial charge on any atom is 0.265 e. The van der Waals surface area contributed by atoms with E-state index in [0.29, 0.717) is 0 Å². The number of nitrogens with zero attached hydrogens (tertiary/aromatic N) is 1. The van der Waals surface area contributed by atoms with E-state index in [4.69, 9.17) is 0 Å². The lowest BCUT2D eigenvalue weighted by Gasteiger charge is -1.85. The van der Waals surface area contributed by atoms with Crippen molar-refractivity contribution < 1.29 is 4.92 Å². The van der Waals surface area contributed by atoms with Crippen LogP contribution in [-0.2, 0) is 0 Å². The summed E-state index contributed by atoms with van der Waals surface area (Å²) in [5, 5.41) is 10.2. The molecule has 0 amide bonds. The summed E-state index contributed by atoms with van der Waals surface area (Å²) in [5.74, 6) is 0. The number of nitro groups is 1. The van der Waals surface area contributed by atoms with Crippen molar-refractivity contribution in [3.63, 3.8) is 0 Å². The number of hydrogen-bond acceptors (Lipinski definition) is 2. The molecule has 0 radical (unpaired) electrons. The molecule has 0 aliphatic carbocycles. The summed E-state index contributed by atoms with van der Waals surface area (Å²) >= 11 is 0. The molecule has 0 unspecified atom stereocenters. The molecule has 0 aliphatic heterocycles. The van der Waals surface area contributed by atoms with Gasteiger partial charge in [0.1, 0.15) is 0 Å². The SMILES string of the molecule is C\C=C/C=C\C(=C/C)[N+](=O)[O-]. The van der Waals surface area contributed by atoms with Crippen LogP contribution in [0.5, 0.6) is 0 Å². The summed E-state index contributed by atoms with van der Waals surface area (Å²) in [7, 11) is 0. The molecule has 0 saturated carbocycles. The summed E-state index contributed by atoms with van der Waals surface area (Å²) in [6.45, 7) is 3.49. The van der Waals surface area contributed by atoms with Crippen molar-refractivity contribution in [3.05, 3.63) is 46.2 Å². The first-order valence-corrected chi connectivity index (χ1v) is 3.32. The minimum absolute atomic E-state index is 0.114. The van der Waals surface area contributed by atoms with E-state index in [1.54, 1.807) is 19.1 Å². The molecule has 0 aliphatic rings. The van der Waals surface area contributed by atoms with E-state index in [-0.39, 0.29) is 5.70 Å². The number of rotatable bonds is 3. The molecule has 0 bridgehead atoms. The maximum atomic E-state index is 10.2. The lowest BCUT2D eigenvalue weighted by Crippen LogP contribution is -1.93. The van der Waals surface area contributed by atoms with Crippen molar-refractivity contribution in [1.29, 1.82) is 0 Å². The van der Waals surface area contributed by atoms with Crippen LogP contribution in [0.2, 0.25) is 0 Å². The van der Waals surface area contributed by atoms with Gasteiger partial charge in [-0.05, 0) is 19.9 Å². The van der Waals surface area contributed by atoms with Crippen molar-refractivity contribution in [3.8, 4) is 0 Å². The molecule has 3 heteroatoms. The fourth-order valence-corrected chi connectivity index (χ4v) is 0.528. The van der Waals surface area contributed by atoms with E-state index in [0.717, 1.165) is 0 Å². The van der Waals surface area contributed by atoms with Gasteiger partial charge in [-0.1, -0.05) is 18.2 Å². The van der Waals surface area contributed by atoms with E-state index in [2.05, 4.69) is 0 Å². The maximum absolute atomic E-state index is 10.2. The Morgan fingerprint density at radius 1 is 1.36 bits per heavy atom. The first-order valence-electron chi connectivity index (χ1n) is 3.32. The third-order valence-electron chi connectivity index (χ3n) is 1.08. The van der Waals surface area contributed by atoms with Crippen molar-refractivity contribution >= 4 is 0 Å². The topological polar surface area (TPSA) is 43.1 Å². The van der Waals surface area contributed by atoms with Crippen LogP contribution in [0.3, 0.4) is 0 Å². The molecule has 0 spiro atoms. The average Bonchev–Trinajstić information content (AvgIpc) is 1.97. The van der Waals surface area contributed by atoms with Crippen molar-refractivity contribution in [2.45, 2.75) is 13.8 Å². The van der Waals surface area contributed by atoms with Gasteiger partial charge in [0.05, 0.1) is 4.92 Å². The summed E-state index contributed by atoms with van der Waals surface area (Å²) in [6.07, 6.45) is 8.11. The van der Waals surface area contributed by atoms with Crippen LogP contribution in [-0.4, -0.2) is 4.92 Å². The van der Waals surface area contributed by atoms with E-state index >= 15 is 0 Å². The highest BCUT2D eigenvalue weighted by Crippen LogP contribution is 1.96. The standard InChI is InChI=1S/C8H11NO2/c1-3-5-6-7-8(4-2)9(10)11/h3-7H,1-2H3/b5-3-,7-6-,8-4+. The second-order valence-electron chi connectivity index (χ2n) is 1.86. The summed E-state index contributed by atoms with van der Waals surface area (Å²) in [6, 6.07) is 0. The van der Waals surface area contributed by atoms with Crippen molar-refractivity contribution in [2.75, 3.05) is 0 Å². The van der Waals surface area contributed by atoms with Crippen LogP contribution in [0.25, 0.3) is 0 Å². The molecule has 0 fully saturated rings. The zero-order chi connectivity index (χ0) is 8.69. The fraction of sp³-hybridized carbons (Fsp3) is 0.250. The minimum Gasteiger partial charge on any atom is -0.258 e. The molecule has 0 aromatic carbocycles. The van der Waals surface area contributed by atoms with E-state index in [1.807, 2.05) is 13.0 Å². The second-order valence-corrected chi connectivity index (χ2v) is 1.86. The molecule has 0 N–H and O–H groups in total. The van der Waals surface area contributed by atoms with Crippen LogP contribution in [0.1, 0.15) is 13.8 Å². The molecule has 0 saturated heterocycles. The van der Waals surface area contributed by atoms with E-state index in [1.165, 1.54) is 12.2 Å². The van der Waals surface area contributed by atoms with Crippen LogP contribution in [0.15, 0.2) is 36.1 Å². The molecule has 11 heavy (non-hydrogen) atoms. The van der Waals surface area contributed by atoms with E-state index < -0.39 is 4.92 Å². The first-order chi connectivity index (χ1) is 5.22. The van der Waals surface area contributed by atoms with Crippen LogP contribution in [0.4, 0.5) is 0 Å². The van der Waals surface area contributed by atoms with Crippen molar-refractivity contribution in [2.24, 2.45) is 0 Å². The lowest BCUT2D eigenvalue weighted by atomic mass is 10.3. The van der Waals surface area contributed by atoms with Crippen LogP contribution < -0.4 is 0 Å². The third-order valence-corrected chi connectivity index (χ3v) is 1.08. The molecular weight excluding hydrogens is 142 g/mol. The van der Waals surface area contributed by atoms with Crippen LogP contribution in [0, 0.1) is 10.1 Å². The molecule has 0 atom stereocenters. The van der Waals surface area contributed by atoms with Gasteiger partial charge in [0.15, 0.2) is 0 Å². The highest BCUT2D eigenvalue weighted by Gasteiger charge is 2.00. The quantitative estimate of drug-likeness (QED) is 0.354. The van der Waals surface area contributed by atoms with Gasteiger partial charge in [0, 0.05) is 6.08 Å². The number of allylic oxidation sites excluding steroid dienone is 5. The Kier molecular flexibility index (Phi) is 4.73. The van der Waals surface area contributed by atoms with Crippen molar-refractivity contribution in [1.82, 2.24) is 0 Å². The Balaban J connectivity index is 4.22. The summed E-state index contributed by atoms with van der Waals surface area (Å²) < 4.78 is 0. The Labute approximate surface area is 65.9 Å². The van der Waals surface area contributed by atoms with Gasteiger partial charge >= 0.3 is 0 Å². The lowest BCUT2D eigenvalue weighted by molar-refractivity contribution is -0.419. The zero-order valence-electron chi connectivity index (χ0n) is 6.65. The van der Waals surface area contributed by atoms with Gasteiger partial charge in [-0.25, -0.2) is 0 Å². The second kappa shape index (κ2) is 5.41. The van der Waals surface area contributed by atoms with Crippen LogP contribution >= 0.6 is 0 Å². The molecule has 60 valence electrons. The molecule has 0 aromatic rings. The van der Waals surface area contributed by atoms with Gasteiger partial charge in [0.2, 0.25) is 0 Å². The Hall–Kier alpha value is -1.38. The predicted molar refractivity (Wildman–Crippen MR) is 44.7 cm³/mol. The fourth-order valence-electron chi connectivity index (χ4n) is 0.528. The summed E-state index contributed by atoms with van der Waals surface area (Å²) in [5.41, 5.74) is 0.114. The van der Waals surface area contributed by atoms with Gasteiger partial charge < -0.3 is 0 Å². The largest absolute Gasteiger partial charge is 0.265 e. The van der Waals surface area contributed by atoms with Gasteiger partial charge in [-0.15, -0.1) is 0 Å². The van der Waals surface area contributed by atoms with E-state index in [9.17, 15) is 10.1 Å². The monoisotopic (exact) mass is 153 g/mol. The molecule has 0 rings (SSSR count). The van der Waals surface area contributed by atoms with Gasteiger partial charge in [0.25, 0.3) is 5.70 Å². The average molecular weight is 153 g/mol. The summed E-state index contributed by atoms with van der Waals surface area (Å²) in [4.78, 5) is 9.77. The normalized spacial score (nSPS) is 13.1. The Morgan fingerprint density at radius 3 is 2.36 bits per heavy atom.